The lowest BCUT2D eigenvalue weighted by atomic mass is 10.0. The molecule has 0 bridgehead atoms. The van der Waals surface area contributed by atoms with Crippen molar-refractivity contribution in [3.63, 3.8) is 0 Å². The number of benzene rings is 2. The number of methoxy groups -OCH3 is 2. The smallest absolute Gasteiger partial charge is 0.407 e. The van der Waals surface area contributed by atoms with Crippen molar-refractivity contribution in [2.24, 2.45) is 0 Å². The second kappa shape index (κ2) is 10.5. The summed E-state index contributed by atoms with van der Waals surface area (Å²) >= 11 is 3.51. The maximum absolute atomic E-state index is 12.3. The highest BCUT2D eigenvalue weighted by Gasteiger charge is 2.25. The number of nitrogens with one attached hydrogen (secondary N) is 2. The second-order valence-corrected chi connectivity index (χ2v) is 9.57. The fraction of sp³-hybridized carbons (Fsp3) is 0.375. The Kier molecular flexibility index (Phi) is 7.88. The maximum Gasteiger partial charge on any atom is 0.407 e. The first-order valence-electron chi connectivity index (χ1n) is 10.5. The van der Waals surface area contributed by atoms with Crippen molar-refractivity contribution in [1.29, 1.82) is 0 Å². The lowest BCUT2D eigenvalue weighted by molar-refractivity contribution is -0.135. The molecule has 0 aliphatic rings. The molecule has 3 rings (SSSR count). The van der Waals surface area contributed by atoms with Gasteiger partial charge in [0.15, 0.2) is 0 Å². The van der Waals surface area contributed by atoms with Gasteiger partial charge in [-0.15, -0.1) is 0 Å². The largest absolute Gasteiger partial charge is 0.497 e. The van der Waals surface area contributed by atoms with Crippen LogP contribution in [0.15, 0.2) is 47.1 Å². The molecule has 9 heteroatoms. The Labute approximate surface area is 201 Å². The fourth-order valence-corrected chi connectivity index (χ4v) is 3.88. The Morgan fingerprint density at radius 3 is 2.42 bits per heavy atom. The van der Waals surface area contributed by atoms with Gasteiger partial charge in [-0.1, -0.05) is 15.9 Å². The molecule has 1 heterocycles. The zero-order valence-electron chi connectivity index (χ0n) is 19.4. The number of hydrogen-bond acceptors (Lipinski definition) is 6. The van der Waals surface area contributed by atoms with E-state index in [0.717, 1.165) is 26.5 Å². The van der Waals surface area contributed by atoms with Crippen LogP contribution in [-0.2, 0) is 11.3 Å². The van der Waals surface area contributed by atoms with Crippen LogP contribution in [-0.4, -0.2) is 47.7 Å². The number of alkyl carbamates (subject to hydrolysis) is 1. The number of amides is 1. The summed E-state index contributed by atoms with van der Waals surface area (Å²) in [6.07, 6.45) is 1.29. The van der Waals surface area contributed by atoms with Crippen molar-refractivity contribution in [1.82, 2.24) is 15.4 Å². The number of carbonyl (C=O) groups is 1. The molecule has 8 nitrogen and oxygen atoms in total. The predicted molar refractivity (Wildman–Crippen MR) is 130 cm³/mol. The van der Waals surface area contributed by atoms with Crippen LogP contribution >= 0.6 is 15.9 Å². The standard InChI is InChI=1S/C24H30BrN3O5/c1-24(2,3)33-23(29)27-13-22(20-12-26-21-7-6-16(25)10-19(20)21)28(30)14-15-8-17(31-4)11-18(9-15)32-5/h6-12,22,26,30H,13-14H2,1-5H3,(H,27,29). The average Bonchev–Trinajstić information content (AvgIpc) is 3.15. The summed E-state index contributed by atoms with van der Waals surface area (Å²) in [6.45, 7) is 5.71. The van der Waals surface area contributed by atoms with Crippen LogP contribution in [0.25, 0.3) is 10.9 Å². The molecule has 33 heavy (non-hydrogen) atoms. The van der Waals surface area contributed by atoms with Crippen LogP contribution in [0, 0.1) is 0 Å². The summed E-state index contributed by atoms with van der Waals surface area (Å²) in [5.74, 6) is 1.24. The molecule has 2 aromatic carbocycles. The quantitative estimate of drug-likeness (QED) is 0.344. The molecule has 1 unspecified atom stereocenters. The normalized spacial score (nSPS) is 12.6. The Morgan fingerprint density at radius 1 is 1.15 bits per heavy atom. The third-order valence-corrected chi connectivity index (χ3v) is 5.48. The summed E-state index contributed by atoms with van der Waals surface area (Å²) in [5, 5.41) is 16.1. The minimum absolute atomic E-state index is 0.131. The second-order valence-electron chi connectivity index (χ2n) is 8.65. The summed E-state index contributed by atoms with van der Waals surface area (Å²) in [4.78, 5) is 15.6. The SMILES string of the molecule is COc1cc(CN(O)C(CNC(=O)OC(C)(C)C)c2c[nH]c3ccc(Br)cc23)cc(OC)c1. The summed E-state index contributed by atoms with van der Waals surface area (Å²) in [7, 11) is 3.15. The number of aromatic nitrogens is 1. The van der Waals surface area contributed by atoms with Gasteiger partial charge in [-0.05, 0) is 62.2 Å². The number of nitrogens with zero attached hydrogens (tertiary/aromatic N) is 1. The van der Waals surface area contributed by atoms with Gasteiger partial charge in [-0.25, -0.2) is 4.79 Å². The van der Waals surface area contributed by atoms with E-state index in [1.807, 2.05) is 36.5 Å². The molecule has 3 aromatic rings. The topological polar surface area (TPSA) is 96.0 Å². The number of halogens is 1. The van der Waals surface area contributed by atoms with E-state index in [4.69, 9.17) is 14.2 Å². The van der Waals surface area contributed by atoms with E-state index in [-0.39, 0.29) is 13.1 Å². The summed E-state index contributed by atoms with van der Waals surface area (Å²) in [6, 6.07) is 10.7. The molecule has 0 saturated heterocycles. The van der Waals surface area contributed by atoms with Gasteiger partial charge in [0.25, 0.3) is 0 Å². The van der Waals surface area contributed by atoms with Crippen molar-refractivity contribution in [2.75, 3.05) is 20.8 Å². The Morgan fingerprint density at radius 2 is 1.82 bits per heavy atom. The van der Waals surface area contributed by atoms with E-state index >= 15 is 0 Å². The van der Waals surface area contributed by atoms with E-state index in [1.54, 1.807) is 41.1 Å². The highest BCUT2D eigenvalue weighted by Crippen LogP contribution is 2.31. The van der Waals surface area contributed by atoms with Crippen molar-refractivity contribution in [2.45, 2.75) is 39.0 Å². The van der Waals surface area contributed by atoms with Crippen molar-refractivity contribution < 1.29 is 24.2 Å². The third kappa shape index (κ3) is 6.63. The number of hydrogen-bond donors (Lipinski definition) is 3. The monoisotopic (exact) mass is 519 g/mol. The van der Waals surface area contributed by atoms with E-state index < -0.39 is 17.7 Å². The van der Waals surface area contributed by atoms with Gasteiger partial charge < -0.3 is 29.7 Å². The molecule has 0 radical (unpaired) electrons. The van der Waals surface area contributed by atoms with Gasteiger partial charge >= 0.3 is 6.09 Å². The van der Waals surface area contributed by atoms with E-state index in [9.17, 15) is 10.0 Å². The van der Waals surface area contributed by atoms with Gasteiger partial charge in [0.1, 0.15) is 17.1 Å². The number of fused-ring (bicyclic) bond motifs is 1. The third-order valence-electron chi connectivity index (χ3n) is 4.99. The molecule has 0 fully saturated rings. The van der Waals surface area contributed by atoms with Gasteiger partial charge in [0.2, 0.25) is 0 Å². The van der Waals surface area contributed by atoms with Crippen LogP contribution in [0.1, 0.15) is 37.9 Å². The van der Waals surface area contributed by atoms with E-state index in [2.05, 4.69) is 26.2 Å². The number of ether oxygens (including phenoxy) is 3. The van der Waals surface area contributed by atoms with Crippen LogP contribution in [0.3, 0.4) is 0 Å². The minimum atomic E-state index is -0.624. The molecule has 178 valence electrons. The highest BCUT2D eigenvalue weighted by atomic mass is 79.9. The molecular formula is C24H30BrN3O5. The van der Waals surface area contributed by atoms with Gasteiger partial charge in [-0.2, -0.15) is 5.06 Å². The predicted octanol–water partition coefficient (Wildman–Crippen LogP) is 5.40. The zero-order chi connectivity index (χ0) is 24.2. The Hall–Kier alpha value is -2.75. The lowest BCUT2D eigenvalue weighted by Gasteiger charge is -2.27. The highest BCUT2D eigenvalue weighted by molar-refractivity contribution is 9.10. The van der Waals surface area contributed by atoms with Crippen LogP contribution in [0.2, 0.25) is 0 Å². The first-order valence-corrected chi connectivity index (χ1v) is 11.3. The van der Waals surface area contributed by atoms with E-state index in [1.165, 1.54) is 5.06 Å². The Balaban J connectivity index is 1.90. The first-order chi connectivity index (χ1) is 15.6. The first kappa shape index (κ1) is 24.9. The van der Waals surface area contributed by atoms with Crippen molar-refractivity contribution in [3.8, 4) is 11.5 Å². The number of carbonyl (C=O) groups excluding carboxylic acids is 1. The van der Waals surface area contributed by atoms with Gasteiger partial charge in [0.05, 0.1) is 20.3 Å². The number of hydroxylamine groups is 2. The minimum Gasteiger partial charge on any atom is -0.497 e. The Bertz CT molecular complexity index is 1090. The molecule has 1 amide bonds. The molecule has 1 atom stereocenters. The lowest BCUT2D eigenvalue weighted by Crippen LogP contribution is -2.39. The van der Waals surface area contributed by atoms with Crippen LogP contribution < -0.4 is 14.8 Å². The number of H-pyrrole nitrogens is 1. The van der Waals surface area contributed by atoms with Gasteiger partial charge in [-0.3, -0.25) is 0 Å². The van der Waals surface area contributed by atoms with Crippen molar-refractivity contribution >= 4 is 32.9 Å². The van der Waals surface area contributed by atoms with E-state index in [0.29, 0.717) is 11.5 Å². The van der Waals surface area contributed by atoms with Crippen LogP contribution in [0.4, 0.5) is 4.79 Å². The van der Waals surface area contributed by atoms with Crippen LogP contribution in [0.5, 0.6) is 11.5 Å². The molecule has 0 saturated carbocycles. The molecule has 0 spiro atoms. The fourth-order valence-electron chi connectivity index (χ4n) is 3.52. The molecule has 0 aliphatic carbocycles. The number of rotatable bonds is 8. The molecular weight excluding hydrogens is 490 g/mol. The zero-order valence-corrected chi connectivity index (χ0v) is 21.0. The number of aromatic amines is 1. The van der Waals surface area contributed by atoms with Gasteiger partial charge in [0, 0.05) is 40.7 Å². The molecule has 0 aliphatic heterocycles. The van der Waals surface area contributed by atoms with Crippen molar-refractivity contribution in [3.05, 3.63) is 58.2 Å². The average molecular weight is 520 g/mol. The summed E-state index contributed by atoms with van der Waals surface area (Å²) < 4.78 is 17.0. The summed E-state index contributed by atoms with van der Waals surface area (Å²) in [5.41, 5.74) is 1.92. The maximum atomic E-state index is 12.3. The molecule has 3 N–H and O–H groups in total. The molecule has 1 aromatic heterocycles.